The molecule has 1 atom stereocenters. The molecule has 0 heterocycles. The van der Waals surface area contributed by atoms with E-state index in [1.807, 2.05) is 13.8 Å². The van der Waals surface area contributed by atoms with Crippen LogP contribution in [0.4, 0.5) is 0 Å². The zero-order valence-corrected chi connectivity index (χ0v) is 5.77. The second-order valence-corrected chi connectivity index (χ2v) is 2.76. The van der Waals surface area contributed by atoms with Gasteiger partial charge in [0.2, 0.25) is 0 Å². The maximum Gasteiger partial charge on any atom is 0.164 e. The van der Waals surface area contributed by atoms with Crippen LogP contribution in [-0.2, 0) is 4.52 Å². The summed E-state index contributed by atoms with van der Waals surface area (Å²) in [4.78, 5) is 8.57. The summed E-state index contributed by atoms with van der Waals surface area (Å²) < 4.78 is 4.87. The zero-order chi connectivity index (χ0) is 5.86. The van der Waals surface area contributed by atoms with Gasteiger partial charge in [-0.15, -0.1) is 0 Å². The first-order valence-corrected chi connectivity index (χ1v) is 3.88. The van der Waals surface area contributed by atoms with Crippen molar-refractivity contribution < 1.29 is 9.42 Å². The molecule has 0 aliphatic rings. The summed E-state index contributed by atoms with van der Waals surface area (Å²) >= 11 is 0. The minimum absolute atomic E-state index is 0.154. The van der Waals surface area contributed by atoms with Gasteiger partial charge in [0.1, 0.15) is 0 Å². The van der Waals surface area contributed by atoms with Gasteiger partial charge in [0.15, 0.2) is 8.38 Å². The van der Waals surface area contributed by atoms with E-state index in [0.717, 1.165) is 0 Å². The van der Waals surface area contributed by atoms with Crippen molar-refractivity contribution in [1.82, 2.24) is 0 Å². The highest BCUT2D eigenvalue weighted by atomic mass is 31.2. The summed E-state index contributed by atoms with van der Waals surface area (Å²) in [6, 6.07) is 0. The van der Waals surface area contributed by atoms with Crippen LogP contribution in [-0.4, -0.2) is 17.7 Å². The highest BCUT2D eigenvalue weighted by Gasteiger charge is 1.96. The molecule has 44 valence electrons. The Labute approximate surface area is 45.4 Å². The third-order valence-corrected chi connectivity index (χ3v) is 1.09. The Kier molecular flexibility index (Phi) is 3.53. The van der Waals surface area contributed by atoms with Crippen LogP contribution in [0.15, 0.2) is 0 Å². The van der Waals surface area contributed by atoms with Crippen LogP contribution in [0, 0.1) is 0 Å². The Morgan fingerprint density at radius 1 is 1.57 bits per heavy atom. The van der Waals surface area contributed by atoms with Crippen LogP contribution in [0.1, 0.15) is 13.8 Å². The van der Waals surface area contributed by atoms with Gasteiger partial charge < -0.3 is 9.42 Å². The Balaban J connectivity index is 2.95. The predicted molar refractivity (Wildman–Crippen MR) is 31.3 cm³/mol. The van der Waals surface area contributed by atoms with E-state index in [-0.39, 0.29) is 6.10 Å². The maximum atomic E-state index is 8.57. The van der Waals surface area contributed by atoms with Gasteiger partial charge in [-0.3, -0.25) is 0 Å². The molecule has 1 unspecified atom stereocenters. The van der Waals surface area contributed by atoms with E-state index < -0.39 is 8.38 Å². The van der Waals surface area contributed by atoms with Crippen molar-refractivity contribution in [2.24, 2.45) is 0 Å². The summed E-state index contributed by atoms with van der Waals surface area (Å²) in [7, 11) is -1.14. The first-order chi connectivity index (χ1) is 3.13. The van der Waals surface area contributed by atoms with Gasteiger partial charge in [0, 0.05) is 6.66 Å². The molecule has 1 N–H and O–H groups in total. The van der Waals surface area contributed by atoms with Gasteiger partial charge in [-0.2, -0.15) is 0 Å². The van der Waals surface area contributed by atoms with Gasteiger partial charge in [-0.25, -0.2) is 0 Å². The van der Waals surface area contributed by atoms with Crippen LogP contribution >= 0.6 is 8.38 Å². The molecule has 7 heavy (non-hydrogen) atoms. The van der Waals surface area contributed by atoms with Crippen molar-refractivity contribution in [3.8, 4) is 0 Å². The van der Waals surface area contributed by atoms with Gasteiger partial charge >= 0.3 is 0 Å². The molecule has 0 saturated carbocycles. The van der Waals surface area contributed by atoms with Gasteiger partial charge in [-0.05, 0) is 13.8 Å². The molecule has 0 aromatic rings. The second-order valence-electron chi connectivity index (χ2n) is 1.62. The van der Waals surface area contributed by atoms with E-state index in [0.29, 0.717) is 0 Å². The molecule has 0 fully saturated rings. The van der Waals surface area contributed by atoms with E-state index in [1.54, 1.807) is 6.66 Å². The standard InChI is InChI=1S/C4H11O2P/c1-4(2)6-7(3)5/h4-5H,1-3H3. The molecule has 0 bridgehead atoms. The maximum absolute atomic E-state index is 8.57. The quantitative estimate of drug-likeness (QED) is 0.560. The fraction of sp³-hybridized carbons (Fsp3) is 1.00. The molecule has 0 aromatic carbocycles. The average molecular weight is 122 g/mol. The smallest absolute Gasteiger partial charge is 0.164 e. The lowest BCUT2D eigenvalue weighted by atomic mass is 10.5. The van der Waals surface area contributed by atoms with E-state index in [2.05, 4.69) is 0 Å². The molecule has 3 heteroatoms. The Bertz CT molecular complexity index is 39.0. The Morgan fingerprint density at radius 2 is 2.00 bits per heavy atom. The minimum atomic E-state index is -1.14. The van der Waals surface area contributed by atoms with Crippen molar-refractivity contribution in [3.05, 3.63) is 0 Å². The largest absolute Gasteiger partial charge is 0.350 e. The van der Waals surface area contributed by atoms with E-state index in [4.69, 9.17) is 9.42 Å². The molecule has 0 aromatic heterocycles. The zero-order valence-electron chi connectivity index (χ0n) is 4.88. The van der Waals surface area contributed by atoms with Crippen LogP contribution in [0.25, 0.3) is 0 Å². The van der Waals surface area contributed by atoms with Gasteiger partial charge in [0.25, 0.3) is 0 Å². The average Bonchev–Trinajstić information content (AvgIpc) is 1.27. The molecular weight excluding hydrogens is 111 g/mol. The van der Waals surface area contributed by atoms with Crippen molar-refractivity contribution in [2.45, 2.75) is 20.0 Å². The number of rotatable bonds is 2. The molecule has 0 spiro atoms. The Morgan fingerprint density at radius 3 is 2.00 bits per heavy atom. The topological polar surface area (TPSA) is 29.5 Å². The molecule has 0 aliphatic heterocycles. The van der Waals surface area contributed by atoms with Gasteiger partial charge in [-0.1, -0.05) is 0 Å². The third-order valence-electron chi connectivity index (χ3n) is 0.363. The van der Waals surface area contributed by atoms with Gasteiger partial charge in [0.05, 0.1) is 6.10 Å². The molecular formula is C4H11O2P. The third kappa shape index (κ3) is 6.35. The first kappa shape index (κ1) is 7.35. The van der Waals surface area contributed by atoms with Crippen LogP contribution in [0.5, 0.6) is 0 Å². The highest BCUT2D eigenvalue weighted by Crippen LogP contribution is 2.26. The normalized spacial score (nSPS) is 15.0. The van der Waals surface area contributed by atoms with Crippen LogP contribution < -0.4 is 0 Å². The monoisotopic (exact) mass is 122 g/mol. The Hall–Kier alpha value is 0.350. The van der Waals surface area contributed by atoms with Crippen molar-refractivity contribution in [2.75, 3.05) is 6.66 Å². The van der Waals surface area contributed by atoms with E-state index >= 15 is 0 Å². The molecule has 0 rings (SSSR count). The minimum Gasteiger partial charge on any atom is -0.350 e. The van der Waals surface area contributed by atoms with E-state index in [9.17, 15) is 0 Å². The van der Waals surface area contributed by atoms with Crippen molar-refractivity contribution >= 4 is 8.38 Å². The number of hydrogen-bond donors (Lipinski definition) is 1. The molecule has 0 aliphatic carbocycles. The SMILES string of the molecule is CC(C)OP(C)O. The predicted octanol–water partition coefficient (Wildman–Crippen LogP) is 1.35. The molecule has 0 saturated heterocycles. The molecule has 2 nitrogen and oxygen atoms in total. The van der Waals surface area contributed by atoms with Crippen molar-refractivity contribution in [1.29, 1.82) is 0 Å². The van der Waals surface area contributed by atoms with E-state index in [1.165, 1.54) is 0 Å². The lowest BCUT2D eigenvalue weighted by molar-refractivity contribution is 0.244. The fourth-order valence-electron chi connectivity index (χ4n) is 0.305. The summed E-state index contributed by atoms with van der Waals surface area (Å²) in [6.45, 7) is 5.46. The van der Waals surface area contributed by atoms with Crippen LogP contribution in [0.2, 0.25) is 0 Å². The first-order valence-electron chi connectivity index (χ1n) is 2.22. The molecule has 0 radical (unpaired) electrons. The molecule has 0 amide bonds. The summed E-state index contributed by atoms with van der Waals surface area (Å²) in [5.74, 6) is 0. The lowest BCUT2D eigenvalue weighted by Crippen LogP contribution is -1.95. The summed E-state index contributed by atoms with van der Waals surface area (Å²) in [5.41, 5.74) is 0. The van der Waals surface area contributed by atoms with Crippen molar-refractivity contribution in [3.63, 3.8) is 0 Å². The fourth-order valence-corrected chi connectivity index (χ4v) is 0.915. The van der Waals surface area contributed by atoms with Crippen LogP contribution in [0.3, 0.4) is 0 Å². The highest BCUT2D eigenvalue weighted by molar-refractivity contribution is 7.45. The lowest BCUT2D eigenvalue weighted by Gasteiger charge is -2.07. The summed E-state index contributed by atoms with van der Waals surface area (Å²) in [5, 5.41) is 0. The second kappa shape index (κ2) is 3.36. The number of hydrogen-bond acceptors (Lipinski definition) is 2. The summed E-state index contributed by atoms with van der Waals surface area (Å²) in [6.07, 6.45) is 0.154.